The van der Waals surface area contributed by atoms with Gasteiger partial charge in [-0.1, -0.05) is 24.3 Å². The first-order valence-corrected chi connectivity index (χ1v) is 8.49. The second-order valence-electron chi connectivity index (χ2n) is 6.49. The maximum Gasteiger partial charge on any atom is 0.251 e. The van der Waals surface area contributed by atoms with Gasteiger partial charge in [0.05, 0.1) is 6.54 Å². The van der Waals surface area contributed by atoms with Crippen LogP contribution in [0, 0.1) is 6.92 Å². The Morgan fingerprint density at radius 2 is 1.85 bits per heavy atom. The van der Waals surface area contributed by atoms with Crippen LogP contribution in [0.2, 0.25) is 0 Å². The molecule has 3 aromatic rings. The van der Waals surface area contributed by atoms with Gasteiger partial charge in [-0.3, -0.25) is 4.79 Å². The summed E-state index contributed by atoms with van der Waals surface area (Å²) >= 11 is 0. The fraction of sp³-hybridized carbons (Fsp3) is 0.250. The number of benzene rings is 2. The number of nitrogens with one attached hydrogen (secondary N) is 1. The van der Waals surface area contributed by atoms with E-state index in [0.29, 0.717) is 18.7 Å². The SMILES string of the molecule is Cc1cc(CNC(=O)c2ccc(Cn3cncn3)cc2)ccc1N(C)C. The van der Waals surface area contributed by atoms with Crippen molar-refractivity contribution in [3.8, 4) is 0 Å². The fourth-order valence-electron chi connectivity index (χ4n) is 2.88. The van der Waals surface area contributed by atoms with Crippen LogP contribution in [0.4, 0.5) is 5.69 Å². The molecule has 2 aromatic carbocycles. The predicted octanol–water partition coefficient (Wildman–Crippen LogP) is 2.63. The molecule has 0 aliphatic carbocycles. The first kappa shape index (κ1) is 17.7. The summed E-state index contributed by atoms with van der Waals surface area (Å²) in [6, 6.07) is 13.8. The van der Waals surface area contributed by atoms with Crippen LogP contribution >= 0.6 is 0 Å². The summed E-state index contributed by atoms with van der Waals surface area (Å²) in [6.45, 7) is 3.22. The molecule has 0 radical (unpaired) electrons. The molecule has 1 heterocycles. The molecule has 1 amide bonds. The van der Waals surface area contributed by atoms with Gasteiger partial charge in [0.2, 0.25) is 0 Å². The number of anilines is 1. The highest BCUT2D eigenvalue weighted by Gasteiger charge is 2.07. The van der Waals surface area contributed by atoms with Gasteiger partial charge in [-0.2, -0.15) is 5.10 Å². The zero-order valence-corrected chi connectivity index (χ0v) is 15.3. The molecule has 3 rings (SSSR count). The molecule has 0 bridgehead atoms. The van der Waals surface area contributed by atoms with Crippen LogP contribution < -0.4 is 10.2 Å². The van der Waals surface area contributed by atoms with Gasteiger partial charge in [-0.05, 0) is 41.8 Å². The number of carbonyl (C=O) groups is 1. The molecule has 26 heavy (non-hydrogen) atoms. The van der Waals surface area contributed by atoms with Crippen LogP contribution in [0.15, 0.2) is 55.1 Å². The Labute approximate surface area is 153 Å². The van der Waals surface area contributed by atoms with Crippen LogP contribution in [0.25, 0.3) is 0 Å². The standard InChI is InChI=1S/C20H23N5O/c1-15-10-17(6-9-19(15)24(2)3)11-22-20(26)18-7-4-16(5-8-18)12-25-14-21-13-23-25/h4-10,13-14H,11-12H2,1-3H3,(H,22,26). The van der Waals surface area contributed by atoms with Crippen LogP contribution in [0.3, 0.4) is 0 Å². The maximum absolute atomic E-state index is 12.4. The van der Waals surface area contributed by atoms with Crippen molar-refractivity contribution in [1.29, 1.82) is 0 Å². The third-order valence-electron chi connectivity index (χ3n) is 4.22. The number of amides is 1. The van der Waals surface area contributed by atoms with Crippen molar-refractivity contribution in [2.45, 2.75) is 20.0 Å². The van der Waals surface area contributed by atoms with E-state index in [1.807, 2.05) is 44.4 Å². The van der Waals surface area contributed by atoms with Crippen LogP contribution in [0.1, 0.15) is 27.0 Å². The minimum Gasteiger partial charge on any atom is -0.377 e. The molecule has 0 aliphatic rings. The molecule has 0 fully saturated rings. The maximum atomic E-state index is 12.4. The van der Waals surface area contributed by atoms with Gasteiger partial charge < -0.3 is 10.2 Å². The summed E-state index contributed by atoms with van der Waals surface area (Å²) in [6.07, 6.45) is 3.18. The van der Waals surface area contributed by atoms with E-state index in [9.17, 15) is 4.79 Å². The van der Waals surface area contributed by atoms with Crippen LogP contribution in [-0.4, -0.2) is 34.8 Å². The number of rotatable bonds is 6. The van der Waals surface area contributed by atoms with Gasteiger partial charge in [-0.25, -0.2) is 9.67 Å². The number of carbonyl (C=O) groups excluding carboxylic acids is 1. The van der Waals surface area contributed by atoms with Crippen molar-refractivity contribution in [2.75, 3.05) is 19.0 Å². The van der Waals surface area contributed by atoms with Gasteiger partial charge in [0.1, 0.15) is 12.7 Å². The highest BCUT2D eigenvalue weighted by Crippen LogP contribution is 2.19. The van der Waals surface area contributed by atoms with Crippen molar-refractivity contribution in [3.63, 3.8) is 0 Å². The molecule has 0 saturated carbocycles. The Bertz CT molecular complexity index is 870. The monoisotopic (exact) mass is 349 g/mol. The van der Waals surface area contributed by atoms with E-state index in [1.54, 1.807) is 11.0 Å². The van der Waals surface area contributed by atoms with E-state index < -0.39 is 0 Å². The molecule has 0 aliphatic heterocycles. The number of hydrogen-bond acceptors (Lipinski definition) is 4. The Balaban J connectivity index is 1.59. The van der Waals surface area contributed by atoms with E-state index in [4.69, 9.17) is 0 Å². The Kier molecular flexibility index (Phi) is 5.31. The first-order chi connectivity index (χ1) is 12.5. The van der Waals surface area contributed by atoms with Gasteiger partial charge in [0.15, 0.2) is 0 Å². The summed E-state index contributed by atoms with van der Waals surface area (Å²) in [4.78, 5) is 18.4. The Hall–Kier alpha value is -3.15. The summed E-state index contributed by atoms with van der Waals surface area (Å²) in [5, 5.41) is 7.06. The lowest BCUT2D eigenvalue weighted by molar-refractivity contribution is 0.0951. The topological polar surface area (TPSA) is 63.1 Å². The summed E-state index contributed by atoms with van der Waals surface area (Å²) in [5.74, 6) is -0.0772. The van der Waals surface area contributed by atoms with Crippen LogP contribution in [-0.2, 0) is 13.1 Å². The zero-order valence-electron chi connectivity index (χ0n) is 15.3. The average Bonchev–Trinajstić information content (AvgIpc) is 3.13. The van der Waals surface area contributed by atoms with Crippen molar-refractivity contribution in [3.05, 3.63) is 77.4 Å². The predicted molar refractivity (Wildman–Crippen MR) is 102 cm³/mol. The van der Waals surface area contributed by atoms with Gasteiger partial charge in [0, 0.05) is 31.9 Å². The van der Waals surface area contributed by atoms with E-state index in [1.165, 1.54) is 17.6 Å². The van der Waals surface area contributed by atoms with Crippen LogP contribution in [0.5, 0.6) is 0 Å². The Morgan fingerprint density at radius 1 is 1.12 bits per heavy atom. The molecule has 0 atom stereocenters. The smallest absolute Gasteiger partial charge is 0.251 e. The highest BCUT2D eigenvalue weighted by molar-refractivity contribution is 5.94. The normalized spacial score (nSPS) is 10.6. The summed E-state index contributed by atoms with van der Waals surface area (Å²) < 4.78 is 1.74. The van der Waals surface area contributed by atoms with Crippen molar-refractivity contribution >= 4 is 11.6 Å². The summed E-state index contributed by atoms with van der Waals surface area (Å²) in [7, 11) is 4.05. The molecular weight excluding hydrogens is 326 g/mol. The lowest BCUT2D eigenvalue weighted by Gasteiger charge is -2.16. The minimum atomic E-state index is -0.0772. The molecule has 6 nitrogen and oxygen atoms in total. The molecule has 134 valence electrons. The molecule has 1 N–H and O–H groups in total. The minimum absolute atomic E-state index is 0.0772. The zero-order chi connectivity index (χ0) is 18.5. The molecule has 6 heteroatoms. The number of aryl methyl sites for hydroxylation is 1. The molecule has 0 spiro atoms. The van der Waals surface area contributed by atoms with Gasteiger partial charge >= 0.3 is 0 Å². The fourth-order valence-corrected chi connectivity index (χ4v) is 2.88. The highest BCUT2D eigenvalue weighted by atomic mass is 16.1. The number of hydrogen-bond donors (Lipinski definition) is 1. The quantitative estimate of drug-likeness (QED) is 0.743. The summed E-state index contributed by atoms with van der Waals surface area (Å²) in [5.41, 5.74) is 5.18. The molecule has 0 saturated heterocycles. The third kappa shape index (κ3) is 4.27. The van der Waals surface area contributed by atoms with Gasteiger partial charge in [0.25, 0.3) is 5.91 Å². The number of aromatic nitrogens is 3. The lowest BCUT2D eigenvalue weighted by Crippen LogP contribution is -2.23. The lowest BCUT2D eigenvalue weighted by atomic mass is 10.1. The average molecular weight is 349 g/mol. The Morgan fingerprint density at radius 3 is 2.46 bits per heavy atom. The third-order valence-corrected chi connectivity index (χ3v) is 4.22. The molecular formula is C20H23N5O. The van der Waals surface area contributed by atoms with Crippen molar-refractivity contribution < 1.29 is 4.79 Å². The van der Waals surface area contributed by atoms with Gasteiger partial charge in [-0.15, -0.1) is 0 Å². The van der Waals surface area contributed by atoms with E-state index in [0.717, 1.165) is 11.1 Å². The van der Waals surface area contributed by atoms with E-state index in [2.05, 4.69) is 39.4 Å². The molecule has 0 unspecified atom stereocenters. The van der Waals surface area contributed by atoms with E-state index in [-0.39, 0.29) is 5.91 Å². The van der Waals surface area contributed by atoms with E-state index >= 15 is 0 Å². The second kappa shape index (κ2) is 7.82. The second-order valence-corrected chi connectivity index (χ2v) is 6.49. The van der Waals surface area contributed by atoms with Crippen molar-refractivity contribution in [1.82, 2.24) is 20.1 Å². The molecule has 1 aromatic heterocycles. The first-order valence-electron chi connectivity index (χ1n) is 8.49. The van der Waals surface area contributed by atoms with Crippen molar-refractivity contribution in [2.24, 2.45) is 0 Å². The largest absolute Gasteiger partial charge is 0.377 e. The number of nitrogens with zero attached hydrogens (tertiary/aromatic N) is 4.